The van der Waals surface area contributed by atoms with Crippen molar-refractivity contribution in [2.75, 3.05) is 12.5 Å². The quantitative estimate of drug-likeness (QED) is 0.223. The zero-order valence-corrected chi connectivity index (χ0v) is 19.5. The van der Waals surface area contributed by atoms with Gasteiger partial charge < -0.3 is 38.7 Å². The number of ether oxygens (including phenoxy) is 1. The number of fused-ring (bicyclic) bond motifs is 1. The Balaban J connectivity index is 1.56. The molecule has 3 aromatic rings. The van der Waals surface area contributed by atoms with Gasteiger partial charge in [-0.15, -0.1) is 0 Å². The van der Waals surface area contributed by atoms with Gasteiger partial charge in [-0.3, -0.25) is 23.1 Å². The number of hydrogen-bond acceptors (Lipinski definition) is 10. The first-order chi connectivity index (χ1) is 16.4. The number of benzene rings is 1. The molecule has 35 heavy (non-hydrogen) atoms. The van der Waals surface area contributed by atoms with Crippen LogP contribution in [0.3, 0.4) is 0 Å². The minimum absolute atomic E-state index is 0.260. The fraction of sp³-hybridized carbons (Fsp3) is 0.389. The maximum atomic E-state index is 13.1. The number of aromatic nitrogens is 3. The van der Waals surface area contributed by atoms with Gasteiger partial charge >= 0.3 is 20.9 Å². The monoisotopic (exact) mass is 533 g/mol. The van der Waals surface area contributed by atoms with Crippen LogP contribution in [0.5, 0.6) is 0 Å². The van der Waals surface area contributed by atoms with Gasteiger partial charge in [0.05, 0.1) is 13.2 Å². The largest absolute Gasteiger partial charge is 0.387 e. The van der Waals surface area contributed by atoms with E-state index in [0.29, 0.717) is 16.7 Å². The summed E-state index contributed by atoms with van der Waals surface area (Å²) in [6, 6.07) is 7.86. The summed E-state index contributed by atoms with van der Waals surface area (Å²) in [5.41, 5.74) is -0.825. The lowest BCUT2D eigenvalue weighted by atomic mass is 10.1. The Hall–Kier alpha value is -2.45. The van der Waals surface area contributed by atoms with Crippen LogP contribution >= 0.6 is 15.2 Å². The van der Waals surface area contributed by atoms with Crippen molar-refractivity contribution in [2.24, 2.45) is 0 Å². The van der Waals surface area contributed by atoms with Crippen LogP contribution in [-0.2, 0) is 24.9 Å². The molecule has 2 aromatic heterocycles. The zero-order valence-electron chi connectivity index (χ0n) is 17.7. The van der Waals surface area contributed by atoms with Crippen LogP contribution in [0.25, 0.3) is 11.0 Å². The molecule has 0 saturated carbocycles. The highest BCUT2D eigenvalue weighted by molar-refractivity contribution is 7.70. The number of para-hydroxylation sites is 1. The Morgan fingerprint density at radius 1 is 1.06 bits per heavy atom. The second-order valence-corrected chi connectivity index (χ2v) is 11.8. The van der Waals surface area contributed by atoms with Crippen LogP contribution in [0.1, 0.15) is 11.9 Å². The number of aliphatic hydroxyl groups is 2. The zero-order chi connectivity index (χ0) is 25.5. The van der Waals surface area contributed by atoms with Crippen molar-refractivity contribution in [3.8, 4) is 0 Å². The Bertz CT molecular complexity index is 1440. The van der Waals surface area contributed by atoms with E-state index in [1.165, 1.54) is 0 Å². The fourth-order valence-corrected chi connectivity index (χ4v) is 6.20. The van der Waals surface area contributed by atoms with Gasteiger partial charge in [-0.25, -0.2) is 4.79 Å². The molecule has 4 rings (SSSR count). The van der Waals surface area contributed by atoms with Gasteiger partial charge in [0.15, 0.2) is 17.7 Å². The average molecular weight is 533 g/mol. The van der Waals surface area contributed by atoms with Gasteiger partial charge in [0, 0.05) is 17.6 Å². The summed E-state index contributed by atoms with van der Waals surface area (Å²) in [5.74, 6) is -1.45. The first-order valence-electron chi connectivity index (χ1n) is 10.0. The third-order valence-electron chi connectivity index (χ3n) is 5.27. The molecule has 0 amide bonds. The van der Waals surface area contributed by atoms with Crippen molar-refractivity contribution in [1.82, 2.24) is 14.3 Å². The van der Waals surface area contributed by atoms with Gasteiger partial charge in [-0.2, -0.15) is 0 Å². The van der Waals surface area contributed by atoms with E-state index in [1.54, 1.807) is 24.3 Å². The molecule has 1 saturated heterocycles. The van der Waals surface area contributed by atoms with Crippen molar-refractivity contribution in [3.63, 3.8) is 0 Å². The summed E-state index contributed by atoms with van der Waals surface area (Å²) < 4.78 is 39.7. The van der Waals surface area contributed by atoms with Gasteiger partial charge in [0.1, 0.15) is 24.0 Å². The van der Waals surface area contributed by atoms with Crippen LogP contribution in [0, 0.1) is 0 Å². The molecule has 0 aliphatic carbocycles. The van der Waals surface area contributed by atoms with Crippen LogP contribution in [0.2, 0.25) is 0 Å². The molecule has 190 valence electrons. The van der Waals surface area contributed by atoms with E-state index >= 15 is 0 Å². The molecular weight excluding hydrogens is 512 g/mol. The van der Waals surface area contributed by atoms with Crippen LogP contribution in [0.4, 0.5) is 0 Å². The van der Waals surface area contributed by atoms with Crippen molar-refractivity contribution in [3.05, 3.63) is 63.1 Å². The maximum absolute atomic E-state index is 13.1. The highest BCUT2D eigenvalue weighted by Gasteiger charge is 2.45. The number of aliphatic hydroxyl groups excluding tert-OH is 2. The Morgan fingerprint density at radius 2 is 1.77 bits per heavy atom. The van der Waals surface area contributed by atoms with E-state index in [9.17, 15) is 33.8 Å². The van der Waals surface area contributed by atoms with Crippen molar-refractivity contribution in [2.45, 2.75) is 31.1 Å². The van der Waals surface area contributed by atoms with Crippen molar-refractivity contribution < 1.29 is 47.8 Å². The standard InChI is InChI=1S/C18H21N3O12P2/c22-14-5-6-20(18(25)21(14)7-11-10-3-1-2-4-12(10)33-19-11)17-16(24)15(23)13(32-17)8-31-35(29,30)9-34(26,27)28/h1-6,13,15-17,23-24H,7-9H2,(H,29,30)(H2,26,27,28)/t13-,15?,16+,17-/m1/s1. The average Bonchev–Trinajstić information content (AvgIpc) is 3.30. The topological polar surface area (TPSA) is 224 Å². The minimum atomic E-state index is -4.87. The summed E-state index contributed by atoms with van der Waals surface area (Å²) in [4.78, 5) is 52.8. The highest BCUT2D eigenvalue weighted by Crippen LogP contribution is 2.55. The van der Waals surface area contributed by atoms with Crippen LogP contribution < -0.4 is 11.2 Å². The Labute approximate surface area is 195 Å². The third-order valence-corrected chi connectivity index (χ3v) is 8.73. The van der Waals surface area contributed by atoms with Crippen molar-refractivity contribution >= 4 is 26.2 Å². The van der Waals surface area contributed by atoms with Gasteiger partial charge in [-0.1, -0.05) is 17.3 Å². The molecule has 5 atom stereocenters. The van der Waals surface area contributed by atoms with E-state index in [2.05, 4.69) is 9.68 Å². The molecule has 0 spiro atoms. The number of rotatable bonds is 8. The number of hydrogen-bond donors (Lipinski definition) is 5. The highest BCUT2D eigenvalue weighted by atomic mass is 31.2. The van der Waals surface area contributed by atoms with Gasteiger partial charge in [-0.05, 0) is 12.1 Å². The molecule has 15 nitrogen and oxygen atoms in total. The molecule has 5 N–H and O–H groups in total. The maximum Gasteiger partial charge on any atom is 0.340 e. The molecule has 1 fully saturated rings. The summed E-state index contributed by atoms with van der Waals surface area (Å²) in [5, 5.41) is 25.2. The number of nitrogens with zero attached hydrogens (tertiary/aromatic N) is 3. The molecular formula is C18H21N3O12P2. The lowest BCUT2D eigenvalue weighted by Gasteiger charge is -2.19. The molecule has 1 aliphatic heterocycles. The molecule has 3 heterocycles. The first kappa shape index (κ1) is 25.6. The van der Waals surface area contributed by atoms with E-state index in [0.717, 1.165) is 21.4 Å². The Kier molecular flexibility index (Phi) is 6.99. The smallest absolute Gasteiger partial charge is 0.340 e. The summed E-state index contributed by atoms with van der Waals surface area (Å²) in [6.07, 6.45) is -5.29. The van der Waals surface area contributed by atoms with Crippen molar-refractivity contribution in [1.29, 1.82) is 0 Å². The Morgan fingerprint density at radius 3 is 2.49 bits per heavy atom. The second-order valence-electron chi connectivity index (χ2n) is 7.84. The molecule has 1 aliphatic rings. The summed E-state index contributed by atoms with van der Waals surface area (Å²) in [6.45, 7) is -1.08. The molecule has 1 aromatic carbocycles. The van der Waals surface area contributed by atoms with Crippen LogP contribution in [-0.4, -0.2) is 70.0 Å². The van der Waals surface area contributed by atoms with Crippen LogP contribution in [0.15, 0.2) is 50.6 Å². The van der Waals surface area contributed by atoms with E-state index in [-0.39, 0.29) is 6.54 Å². The molecule has 0 radical (unpaired) electrons. The van der Waals surface area contributed by atoms with E-state index in [1.807, 2.05) is 0 Å². The van der Waals surface area contributed by atoms with E-state index < -0.39 is 63.5 Å². The predicted molar refractivity (Wildman–Crippen MR) is 117 cm³/mol. The van der Waals surface area contributed by atoms with Gasteiger partial charge in [0.2, 0.25) is 0 Å². The lowest BCUT2D eigenvalue weighted by Crippen LogP contribution is -2.43. The molecule has 17 heteroatoms. The molecule has 2 unspecified atom stereocenters. The van der Waals surface area contributed by atoms with E-state index in [4.69, 9.17) is 19.0 Å². The first-order valence-corrected chi connectivity index (χ1v) is 13.6. The normalized spacial score (nSPS) is 24.6. The third kappa shape index (κ3) is 5.54. The predicted octanol–water partition coefficient (Wildman–Crippen LogP) is -0.844. The summed E-state index contributed by atoms with van der Waals surface area (Å²) in [7, 11) is -9.62. The summed E-state index contributed by atoms with van der Waals surface area (Å²) >= 11 is 0. The minimum Gasteiger partial charge on any atom is -0.387 e. The second kappa shape index (κ2) is 9.54. The fourth-order valence-electron chi connectivity index (χ4n) is 3.63. The van der Waals surface area contributed by atoms with Gasteiger partial charge in [0.25, 0.3) is 5.56 Å². The molecule has 0 bridgehead atoms. The SMILES string of the molecule is O=c1ccn([C@@H]2O[C@H](COP(=O)(O)CP(=O)(O)O)C(O)[C@@H]2O)c(=O)n1Cc1noc2ccccc12. The lowest BCUT2D eigenvalue weighted by molar-refractivity contribution is -0.0530.